The molecule has 4 nitrogen and oxygen atoms in total. The number of allylic oxidation sites excluding steroid dienone is 1. The molecule has 0 atom stereocenters. The normalized spacial score (nSPS) is 14.4. The van der Waals surface area contributed by atoms with E-state index >= 15 is 0 Å². The van der Waals surface area contributed by atoms with E-state index in [0.29, 0.717) is 0 Å². The van der Waals surface area contributed by atoms with E-state index < -0.39 is 5.41 Å². The van der Waals surface area contributed by atoms with Crippen molar-refractivity contribution in [3.05, 3.63) is 245 Å². The van der Waals surface area contributed by atoms with Crippen LogP contribution < -0.4 is 9.64 Å². The summed E-state index contributed by atoms with van der Waals surface area (Å²) in [5.74, 6) is 1.76. The second kappa shape index (κ2) is 13.4. The van der Waals surface area contributed by atoms with Crippen LogP contribution in [0.5, 0.6) is 11.5 Å². The van der Waals surface area contributed by atoms with Crippen LogP contribution in [-0.2, 0) is 11.8 Å². The lowest BCUT2D eigenvalue weighted by atomic mass is 9.59. The summed E-state index contributed by atoms with van der Waals surface area (Å²) in [6.07, 6.45) is 6.44. The van der Waals surface area contributed by atoms with Crippen LogP contribution in [0, 0.1) is 0 Å². The number of benzene rings is 8. The van der Waals surface area contributed by atoms with E-state index in [1.807, 2.05) is 24.3 Å². The number of ketones is 1. The Morgan fingerprint density at radius 1 is 0.533 bits per heavy atom. The van der Waals surface area contributed by atoms with Gasteiger partial charge in [0.2, 0.25) is 0 Å². The van der Waals surface area contributed by atoms with E-state index in [9.17, 15) is 4.79 Å². The summed E-state index contributed by atoms with van der Waals surface area (Å²) in [6, 6.07) is 68.1. The lowest BCUT2D eigenvalue weighted by Crippen LogP contribution is -2.38. The molecule has 0 N–H and O–H groups in total. The summed E-state index contributed by atoms with van der Waals surface area (Å²) >= 11 is 0. The minimum Gasteiger partial charge on any atom is -0.452 e. The third kappa shape index (κ3) is 4.94. The Morgan fingerprint density at radius 3 is 2.00 bits per heavy atom. The molecular weight excluding hydrogens is 733 g/mol. The predicted molar refractivity (Wildman–Crippen MR) is 243 cm³/mol. The van der Waals surface area contributed by atoms with E-state index in [4.69, 9.17) is 4.74 Å². The number of anilines is 3. The number of fused-ring (bicyclic) bond motifs is 8. The highest BCUT2D eigenvalue weighted by Gasteiger charge is 2.46. The largest absolute Gasteiger partial charge is 0.452 e. The maximum atomic E-state index is 14.4. The number of ether oxygens (including phenoxy) is 1. The minimum atomic E-state index is -0.705. The Kier molecular flexibility index (Phi) is 7.69. The highest BCUT2D eigenvalue weighted by Crippen LogP contribution is 2.55. The van der Waals surface area contributed by atoms with E-state index in [2.05, 4.69) is 191 Å². The summed E-state index contributed by atoms with van der Waals surface area (Å²) in [5.41, 5.74) is 14.9. The molecular formula is C56H38N2O2. The summed E-state index contributed by atoms with van der Waals surface area (Å²) in [6.45, 7) is 0. The molecule has 3 aliphatic rings. The summed E-state index contributed by atoms with van der Waals surface area (Å²) in [4.78, 5) is 16.7. The van der Waals surface area contributed by atoms with Gasteiger partial charge in [0, 0.05) is 33.8 Å². The average Bonchev–Trinajstić information content (AvgIpc) is 3.67. The van der Waals surface area contributed by atoms with Crippen LogP contribution in [0.1, 0.15) is 55.9 Å². The molecule has 0 amide bonds. The van der Waals surface area contributed by atoms with Gasteiger partial charge in [0.05, 0.1) is 27.7 Å². The topological polar surface area (TPSA) is 34.5 Å². The number of hydrogen-bond acceptors (Lipinski definition) is 3. The number of carbonyl (C=O) groups is 1. The molecule has 1 aromatic heterocycles. The molecule has 0 saturated heterocycles. The van der Waals surface area contributed by atoms with Crippen LogP contribution in [0.3, 0.4) is 0 Å². The van der Waals surface area contributed by atoms with Gasteiger partial charge in [-0.3, -0.25) is 4.79 Å². The van der Waals surface area contributed by atoms with Crippen molar-refractivity contribution in [2.24, 2.45) is 0 Å². The van der Waals surface area contributed by atoms with Crippen molar-refractivity contribution in [1.82, 2.24) is 4.57 Å². The molecule has 1 aliphatic heterocycles. The molecule has 0 radical (unpaired) electrons. The van der Waals surface area contributed by atoms with Crippen LogP contribution in [0.15, 0.2) is 200 Å². The first-order valence-electron chi connectivity index (χ1n) is 20.7. The van der Waals surface area contributed by atoms with Gasteiger partial charge in [0.1, 0.15) is 0 Å². The zero-order chi connectivity index (χ0) is 39.8. The number of rotatable bonds is 5. The highest BCUT2D eigenvalue weighted by molar-refractivity contribution is 6.14. The van der Waals surface area contributed by atoms with E-state index in [-0.39, 0.29) is 5.78 Å². The van der Waals surface area contributed by atoms with Crippen LogP contribution in [0.4, 0.5) is 17.1 Å². The second-order valence-electron chi connectivity index (χ2n) is 15.9. The van der Waals surface area contributed by atoms with Crippen molar-refractivity contribution in [3.8, 4) is 28.3 Å². The Balaban J connectivity index is 1.05. The Hall–Kier alpha value is -7.69. The number of hydrogen-bond donors (Lipinski definition) is 0. The van der Waals surface area contributed by atoms with Crippen molar-refractivity contribution in [2.45, 2.75) is 18.3 Å². The second-order valence-corrected chi connectivity index (χ2v) is 15.9. The molecule has 0 fully saturated rings. The average molecular weight is 771 g/mol. The monoisotopic (exact) mass is 770 g/mol. The summed E-state index contributed by atoms with van der Waals surface area (Å²) in [7, 11) is 0. The van der Waals surface area contributed by atoms with Gasteiger partial charge in [-0.1, -0.05) is 152 Å². The molecule has 4 heteroatoms. The molecule has 2 heterocycles. The lowest BCUT2D eigenvalue weighted by molar-refractivity contribution is 0.103. The Bertz CT molecular complexity index is 3160. The Morgan fingerprint density at radius 2 is 1.20 bits per heavy atom. The SMILES string of the molecule is O=C1c2ccccc2C(c2ccccc2)(c2ccccc2)c2cc(-c3cccc(-n4c5c(c6c7c(ccc64)N(c4ccccc4)c4ccccc4O7)C=CCC5)c3)ccc21. The van der Waals surface area contributed by atoms with Gasteiger partial charge in [-0.05, 0) is 101 Å². The van der Waals surface area contributed by atoms with E-state index in [0.717, 1.165) is 103 Å². The summed E-state index contributed by atoms with van der Waals surface area (Å²) in [5, 5.41) is 1.11. The fraction of sp³-hybridized carbons (Fsp3) is 0.0536. The third-order valence-corrected chi connectivity index (χ3v) is 12.7. The van der Waals surface area contributed by atoms with Crippen LogP contribution in [0.2, 0.25) is 0 Å². The zero-order valence-corrected chi connectivity index (χ0v) is 32.8. The van der Waals surface area contributed by atoms with Gasteiger partial charge in [0.15, 0.2) is 17.3 Å². The van der Waals surface area contributed by atoms with Crippen LogP contribution >= 0.6 is 0 Å². The number of aromatic nitrogens is 1. The predicted octanol–water partition coefficient (Wildman–Crippen LogP) is 13.8. The van der Waals surface area contributed by atoms with Gasteiger partial charge in [0.25, 0.3) is 0 Å². The third-order valence-electron chi connectivity index (χ3n) is 12.7. The van der Waals surface area contributed by atoms with E-state index in [1.165, 1.54) is 11.3 Å². The molecule has 0 saturated carbocycles. The maximum absolute atomic E-state index is 14.4. The van der Waals surface area contributed by atoms with Gasteiger partial charge >= 0.3 is 0 Å². The molecule has 9 aromatic rings. The van der Waals surface area contributed by atoms with Gasteiger partial charge < -0.3 is 14.2 Å². The zero-order valence-electron chi connectivity index (χ0n) is 32.8. The maximum Gasteiger partial charge on any atom is 0.193 e. The molecule has 0 unspecified atom stereocenters. The van der Waals surface area contributed by atoms with E-state index in [1.54, 1.807) is 0 Å². The fourth-order valence-corrected chi connectivity index (χ4v) is 10.2. The number of carbonyl (C=O) groups excluding carboxylic acids is 1. The quantitative estimate of drug-likeness (QED) is 0.175. The standard InChI is InChI=1S/C56H38N2O2/c59-54-43-25-10-12-27-46(43)56(39-18-4-1-5-19-39,40-20-6-2-7-21-40)47-36-38(31-32-44(47)54)37-17-16-24-42(35-37)58-48-28-13-11-26-45(48)53-50(58)33-34-51-55(53)60-52-30-15-14-29-49(52)57(51)41-22-8-3-9-23-41/h1-12,14-27,29-36H,13,28H2. The first-order valence-corrected chi connectivity index (χ1v) is 20.7. The van der Waals surface area contributed by atoms with Crippen LogP contribution in [0.25, 0.3) is 33.8 Å². The van der Waals surface area contributed by atoms with Crippen molar-refractivity contribution >= 4 is 39.8 Å². The Labute approximate surface area is 348 Å². The van der Waals surface area contributed by atoms with Gasteiger partial charge in [-0.2, -0.15) is 0 Å². The summed E-state index contributed by atoms with van der Waals surface area (Å²) < 4.78 is 9.35. The molecule has 2 aliphatic carbocycles. The molecule has 284 valence electrons. The van der Waals surface area contributed by atoms with Crippen molar-refractivity contribution in [3.63, 3.8) is 0 Å². The lowest BCUT2D eigenvalue weighted by Gasteiger charge is -2.42. The van der Waals surface area contributed by atoms with Gasteiger partial charge in [-0.25, -0.2) is 0 Å². The number of nitrogens with zero attached hydrogens (tertiary/aromatic N) is 2. The number of para-hydroxylation sites is 3. The first-order chi connectivity index (χ1) is 29.7. The van der Waals surface area contributed by atoms with Crippen molar-refractivity contribution in [2.75, 3.05) is 4.90 Å². The minimum absolute atomic E-state index is 0.0564. The van der Waals surface area contributed by atoms with Crippen LogP contribution in [-0.4, -0.2) is 10.4 Å². The van der Waals surface area contributed by atoms with Crippen molar-refractivity contribution < 1.29 is 9.53 Å². The molecule has 12 rings (SSSR count). The van der Waals surface area contributed by atoms with Gasteiger partial charge in [-0.15, -0.1) is 0 Å². The highest BCUT2D eigenvalue weighted by atomic mass is 16.5. The molecule has 8 aromatic carbocycles. The molecule has 60 heavy (non-hydrogen) atoms. The fourth-order valence-electron chi connectivity index (χ4n) is 10.2. The molecule has 0 spiro atoms. The smallest absolute Gasteiger partial charge is 0.193 e. The van der Waals surface area contributed by atoms with Crippen molar-refractivity contribution in [1.29, 1.82) is 0 Å². The first kappa shape index (κ1) is 34.4. The molecule has 0 bridgehead atoms.